The maximum atomic E-state index is 5.53. The number of hydrogen-bond donors (Lipinski definition) is 2. The molecule has 0 saturated carbocycles. The minimum absolute atomic E-state index is 0.399. The van der Waals surface area contributed by atoms with E-state index in [9.17, 15) is 0 Å². The van der Waals surface area contributed by atoms with Gasteiger partial charge in [0.1, 0.15) is 0 Å². The Hall–Kier alpha value is -0.380. The molecule has 1 heterocycles. The first kappa shape index (κ1) is 9.71. The molecule has 1 unspecified atom stereocenters. The van der Waals surface area contributed by atoms with E-state index in [0.29, 0.717) is 6.10 Å². The van der Waals surface area contributed by atoms with Crippen LogP contribution < -0.4 is 10.6 Å². The molecule has 12 heavy (non-hydrogen) atoms. The number of hydrogen-bond acceptors (Lipinski definition) is 3. The van der Waals surface area contributed by atoms with Gasteiger partial charge in [-0.15, -0.1) is 6.58 Å². The molecular weight excluding hydrogens is 152 g/mol. The maximum Gasteiger partial charge on any atom is 0.0712 e. The molecule has 0 aromatic carbocycles. The van der Waals surface area contributed by atoms with Crippen LogP contribution in [-0.4, -0.2) is 38.9 Å². The second-order valence-electron chi connectivity index (χ2n) is 2.98. The summed E-state index contributed by atoms with van der Waals surface area (Å²) in [6.45, 7) is 8.39. The number of rotatable bonds is 5. The van der Waals surface area contributed by atoms with Crippen LogP contribution in [0.4, 0.5) is 0 Å². The maximum absolute atomic E-state index is 5.53. The zero-order valence-electron chi connectivity index (χ0n) is 7.51. The topological polar surface area (TPSA) is 33.3 Å². The Morgan fingerprint density at radius 2 is 2.58 bits per heavy atom. The van der Waals surface area contributed by atoms with Gasteiger partial charge in [0.05, 0.1) is 12.7 Å². The van der Waals surface area contributed by atoms with Crippen molar-refractivity contribution >= 4 is 0 Å². The second-order valence-corrected chi connectivity index (χ2v) is 2.98. The average Bonchev–Trinajstić information content (AvgIpc) is 2.14. The summed E-state index contributed by atoms with van der Waals surface area (Å²) in [6.07, 6.45) is 3.36. The fourth-order valence-corrected chi connectivity index (χ4v) is 1.27. The van der Waals surface area contributed by atoms with Crippen molar-refractivity contribution in [2.24, 2.45) is 0 Å². The van der Waals surface area contributed by atoms with Gasteiger partial charge in [-0.05, 0) is 13.0 Å². The summed E-state index contributed by atoms with van der Waals surface area (Å²) in [7, 11) is 0. The highest BCUT2D eigenvalue weighted by Crippen LogP contribution is 1.99. The van der Waals surface area contributed by atoms with E-state index >= 15 is 0 Å². The van der Waals surface area contributed by atoms with Gasteiger partial charge in [0.25, 0.3) is 0 Å². The number of nitrogens with one attached hydrogen (secondary N) is 2. The van der Waals surface area contributed by atoms with Crippen molar-refractivity contribution in [2.75, 3.05) is 32.8 Å². The molecule has 0 bridgehead atoms. The SMILES string of the molecule is C=CCNCCC1CNCCO1. The molecular formula is C9H18N2O. The molecule has 0 aromatic rings. The molecule has 1 atom stereocenters. The summed E-state index contributed by atoms with van der Waals surface area (Å²) < 4.78 is 5.53. The first-order valence-electron chi connectivity index (χ1n) is 4.57. The third-order valence-corrected chi connectivity index (χ3v) is 1.94. The van der Waals surface area contributed by atoms with Gasteiger partial charge < -0.3 is 15.4 Å². The molecule has 70 valence electrons. The van der Waals surface area contributed by atoms with Gasteiger partial charge in [-0.2, -0.15) is 0 Å². The second kappa shape index (κ2) is 6.17. The van der Waals surface area contributed by atoms with Gasteiger partial charge in [-0.1, -0.05) is 6.08 Å². The van der Waals surface area contributed by atoms with Gasteiger partial charge in [0.15, 0.2) is 0 Å². The van der Waals surface area contributed by atoms with Crippen LogP contribution in [0.15, 0.2) is 12.7 Å². The van der Waals surface area contributed by atoms with Gasteiger partial charge in [-0.25, -0.2) is 0 Å². The first-order chi connectivity index (χ1) is 5.93. The molecule has 1 aliphatic heterocycles. The highest BCUT2D eigenvalue weighted by atomic mass is 16.5. The fourth-order valence-electron chi connectivity index (χ4n) is 1.27. The molecule has 0 aliphatic carbocycles. The Morgan fingerprint density at radius 3 is 3.25 bits per heavy atom. The zero-order valence-corrected chi connectivity index (χ0v) is 7.51. The van der Waals surface area contributed by atoms with Crippen LogP contribution in [0.1, 0.15) is 6.42 Å². The number of morpholine rings is 1. The molecule has 0 radical (unpaired) electrons. The summed E-state index contributed by atoms with van der Waals surface area (Å²) in [5.41, 5.74) is 0. The molecule has 3 nitrogen and oxygen atoms in total. The summed E-state index contributed by atoms with van der Waals surface area (Å²) in [6, 6.07) is 0. The van der Waals surface area contributed by atoms with Gasteiger partial charge in [0.2, 0.25) is 0 Å². The van der Waals surface area contributed by atoms with Crippen molar-refractivity contribution in [1.29, 1.82) is 0 Å². The first-order valence-corrected chi connectivity index (χ1v) is 4.57. The third kappa shape index (κ3) is 3.85. The van der Waals surface area contributed by atoms with Crippen LogP contribution in [-0.2, 0) is 4.74 Å². The van der Waals surface area contributed by atoms with Crippen LogP contribution >= 0.6 is 0 Å². The largest absolute Gasteiger partial charge is 0.376 e. The van der Waals surface area contributed by atoms with E-state index in [-0.39, 0.29) is 0 Å². The van der Waals surface area contributed by atoms with Crippen LogP contribution in [0.2, 0.25) is 0 Å². The number of ether oxygens (including phenoxy) is 1. The van der Waals surface area contributed by atoms with Crippen molar-refractivity contribution in [3.8, 4) is 0 Å². The molecule has 1 fully saturated rings. The van der Waals surface area contributed by atoms with E-state index in [1.165, 1.54) is 0 Å². The molecule has 1 rings (SSSR count). The molecule has 0 amide bonds. The lowest BCUT2D eigenvalue weighted by Crippen LogP contribution is -2.39. The molecule has 1 aliphatic rings. The van der Waals surface area contributed by atoms with E-state index in [1.807, 2.05) is 6.08 Å². The zero-order chi connectivity index (χ0) is 8.65. The normalized spacial score (nSPS) is 23.8. The van der Waals surface area contributed by atoms with Crippen LogP contribution in [0.25, 0.3) is 0 Å². The molecule has 3 heteroatoms. The quantitative estimate of drug-likeness (QED) is 0.455. The van der Waals surface area contributed by atoms with Crippen molar-refractivity contribution in [3.05, 3.63) is 12.7 Å². The molecule has 1 saturated heterocycles. The Bertz CT molecular complexity index is 122. The summed E-state index contributed by atoms with van der Waals surface area (Å²) >= 11 is 0. The van der Waals surface area contributed by atoms with Crippen LogP contribution in [0, 0.1) is 0 Å². The van der Waals surface area contributed by atoms with E-state index in [2.05, 4.69) is 17.2 Å². The van der Waals surface area contributed by atoms with Gasteiger partial charge in [-0.3, -0.25) is 0 Å². The predicted molar refractivity (Wildman–Crippen MR) is 50.3 cm³/mol. The van der Waals surface area contributed by atoms with Crippen molar-refractivity contribution in [2.45, 2.75) is 12.5 Å². The monoisotopic (exact) mass is 170 g/mol. The van der Waals surface area contributed by atoms with Crippen molar-refractivity contribution in [3.63, 3.8) is 0 Å². The van der Waals surface area contributed by atoms with Crippen molar-refractivity contribution < 1.29 is 4.74 Å². The third-order valence-electron chi connectivity index (χ3n) is 1.94. The summed E-state index contributed by atoms with van der Waals surface area (Å²) in [4.78, 5) is 0. The van der Waals surface area contributed by atoms with Crippen molar-refractivity contribution in [1.82, 2.24) is 10.6 Å². The highest BCUT2D eigenvalue weighted by Gasteiger charge is 2.11. The Morgan fingerprint density at radius 1 is 1.67 bits per heavy atom. The minimum Gasteiger partial charge on any atom is -0.376 e. The Labute approximate surface area is 74.2 Å². The fraction of sp³-hybridized carbons (Fsp3) is 0.778. The van der Waals surface area contributed by atoms with E-state index < -0.39 is 0 Å². The Balaban J connectivity index is 1.94. The van der Waals surface area contributed by atoms with Crippen LogP contribution in [0.5, 0.6) is 0 Å². The summed E-state index contributed by atoms with van der Waals surface area (Å²) in [5, 5.41) is 6.56. The van der Waals surface area contributed by atoms with E-state index in [4.69, 9.17) is 4.74 Å². The van der Waals surface area contributed by atoms with E-state index in [1.54, 1.807) is 0 Å². The van der Waals surface area contributed by atoms with E-state index in [0.717, 1.165) is 39.2 Å². The summed E-state index contributed by atoms with van der Waals surface area (Å²) in [5.74, 6) is 0. The van der Waals surface area contributed by atoms with Crippen LogP contribution in [0.3, 0.4) is 0 Å². The lowest BCUT2D eigenvalue weighted by molar-refractivity contribution is 0.0240. The molecule has 0 spiro atoms. The standard InChI is InChI=1S/C9H18N2O/c1-2-4-10-5-3-9-8-11-6-7-12-9/h2,9-11H,1,3-8H2. The van der Waals surface area contributed by atoms with Gasteiger partial charge >= 0.3 is 0 Å². The average molecular weight is 170 g/mol. The smallest absolute Gasteiger partial charge is 0.0712 e. The lowest BCUT2D eigenvalue weighted by Gasteiger charge is -2.23. The minimum atomic E-state index is 0.399. The highest BCUT2D eigenvalue weighted by molar-refractivity contribution is 4.72. The Kier molecular flexibility index (Phi) is 4.99. The van der Waals surface area contributed by atoms with Gasteiger partial charge in [0, 0.05) is 19.6 Å². The molecule has 2 N–H and O–H groups in total. The predicted octanol–water partition coefficient (Wildman–Crippen LogP) is 0.140. The lowest BCUT2D eigenvalue weighted by atomic mass is 10.2. The molecule has 0 aromatic heterocycles.